The number of hydrogen-bond donors (Lipinski definition) is 2. The summed E-state index contributed by atoms with van der Waals surface area (Å²) in [5.41, 5.74) is 1.19. The molecule has 0 radical (unpaired) electrons. The van der Waals surface area contributed by atoms with E-state index in [1.807, 2.05) is 12.1 Å². The average molecular weight is 359 g/mol. The molecule has 0 aliphatic carbocycles. The Balaban J connectivity index is 1.76. The summed E-state index contributed by atoms with van der Waals surface area (Å²) in [6.07, 6.45) is 3.90. The first kappa shape index (κ1) is 16.4. The molecule has 2 aromatic heterocycles. The predicted molar refractivity (Wildman–Crippen MR) is 96.5 cm³/mol. The number of nitrogens with one attached hydrogen (secondary N) is 1. The van der Waals surface area contributed by atoms with E-state index in [2.05, 4.69) is 29.1 Å². The smallest absolute Gasteiger partial charge is 0.235 e. The van der Waals surface area contributed by atoms with Crippen LogP contribution in [0.5, 0.6) is 11.6 Å². The number of likely N-dealkylation sites (tertiary alicyclic amines) is 1. The van der Waals surface area contributed by atoms with Crippen molar-refractivity contribution in [2.45, 2.75) is 25.8 Å². The molecule has 1 aliphatic heterocycles. The van der Waals surface area contributed by atoms with Crippen molar-refractivity contribution in [1.29, 1.82) is 0 Å². The van der Waals surface area contributed by atoms with E-state index in [-0.39, 0.29) is 11.9 Å². The van der Waals surface area contributed by atoms with Crippen LogP contribution in [-0.2, 0) is 0 Å². The molecule has 6 nitrogen and oxygen atoms in total. The Morgan fingerprint density at radius 1 is 1.28 bits per heavy atom. The molecule has 0 bridgehead atoms. The van der Waals surface area contributed by atoms with Gasteiger partial charge in [0, 0.05) is 5.56 Å². The second kappa shape index (κ2) is 6.65. The van der Waals surface area contributed by atoms with E-state index in [0.29, 0.717) is 0 Å². The maximum absolute atomic E-state index is 10.7. The van der Waals surface area contributed by atoms with Gasteiger partial charge in [0.1, 0.15) is 17.0 Å². The fourth-order valence-electron chi connectivity index (χ4n) is 3.67. The Bertz CT molecular complexity index is 850. The van der Waals surface area contributed by atoms with Gasteiger partial charge in [-0.25, -0.2) is 4.98 Å². The highest BCUT2D eigenvalue weighted by molar-refractivity contribution is 7.17. The van der Waals surface area contributed by atoms with E-state index in [1.165, 1.54) is 45.5 Å². The molecule has 2 N–H and O–H groups in total. The standard InChI is InChI=1S/C18H22N4O2S/c1-12-7-9-21(10-8-12)15(13-3-5-14(24-2)6-4-13)16-17(23)22-18(25-16)19-11-20-22/h3-6,11-12,15,23H,7-10H2,1-2H3/p+1/t15-/m0/s1. The van der Waals surface area contributed by atoms with E-state index in [4.69, 9.17) is 4.74 Å². The van der Waals surface area contributed by atoms with Crippen molar-refractivity contribution in [3.8, 4) is 11.6 Å². The van der Waals surface area contributed by atoms with Crippen molar-refractivity contribution >= 4 is 16.3 Å². The number of aromatic hydroxyl groups is 1. The molecular weight excluding hydrogens is 336 g/mol. The molecule has 1 atom stereocenters. The quantitative estimate of drug-likeness (QED) is 0.747. The third-order valence-corrected chi connectivity index (χ3v) is 6.27. The zero-order valence-electron chi connectivity index (χ0n) is 14.5. The van der Waals surface area contributed by atoms with Crippen LogP contribution in [0.3, 0.4) is 0 Å². The number of ether oxygens (including phenoxy) is 1. The molecule has 1 saturated heterocycles. The van der Waals surface area contributed by atoms with Crippen molar-refractivity contribution in [2.24, 2.45) is 5.92 Å². The topological polar surface area (TPSA) is 64.1 Å². The fraction of sp³-hybridized carbons (Fsp3) is 0.444. The van der Waals surface area contributed by atoms with E-state index in [9.17, 15) is 5.11 Å². The molecule has 25 heavy (non-hydrogen) atoms. The maximum atomic E-state index is 10.7. The van der Waals surface area contributed by atoms with Gasteiger partial charge in [-0.15, -0.1) is 0 Å². The summed E-state index contributed by atoms with van der Waals surface area (Å²) in [6.45, 7) is 4.52. The fourth-order valence-corrected chi connectivity index (χ4v) is 4.79. The van der Waals surface area contributed by atoms with E-state index in [0.717, 1.165) is 34.6 Å². The van der Waals surface area contributed by atoms with Crippen LogP contribution in [0.1, 0.15) is 36.2 Å². The summed E-state index contributed by atoms with van der Waals surface area (Å²) in [4.78, 5) is 7.40. The number of nitrogens with zero attached hydrogens (tertiary/aromatic N) is 3. The molecule has 1 aromatic carbocycles. The molecule has 4 rings (SSSR count). The average Bonchev–Trinajstić information content (AvgIpc) is 3.21. The summed E-state index contributed by atoms with van der Waals surface area (Å²) in [5, 5.41) is 14.9. The summed E-state index contributed by atoms with van der Waals surface area (Å²) in [7, 11) is 1.68. The van der Waals surface area contributed by atoms with Crippen LogP contribution >= 0.6 is 11.3 Å². The molecule has 3 heterocycles. The number of quaternary nitrogens is 1. The summed E-state index contributed by atoms with van der Waals surface area (Å²) in [6, 6.07) is 8.27. The van der Waals surface area contributed by atoms with Crippen molar-refractivity contribution < 1.29 is 14.7 Å². The Morgan fingerprint density at radius 2 is 2.00 bits per heavy atom. The molecule has 0 unspecified atom stereocenters. The number of aromatic nitrogens is 3. The first-order chi connectivity index (χ1) is 12.2. The monoisotopic (exact) mass is 359 g/mol. The molecule has 0 spiro atoms. The highest BCUT2D eigenvalue weighted by atomic mass is 32.1. The Kier molecular flexibility index (Phi) is 4.35. The van der Waals surface area contributed by atoms with Crippen LogP contribution in [-0.4, -0.2) is 39.9 Å². The molecule has 0 saturated carbocycles. The van der Waals surface area contributed by atoms with Crippen LogP contribution in [0.25, 0.3) is 4.96 Å². The normalized spacial score (nSPS) is 22.2. The Labute approximate surface area is 150 Å². The van der Waals surface area contributed by atoms with E-state index in [1.54, 1.807) is 7.11 Å². The largest absolute Gasteiger partial charge is 0.497 e. The summed E-state index contributed by atoms with van der Waals surface area (Å²) < 4.78 is 6.83. The van der Waals surface area contributed by atoms with Crippen molar-refractivity contribution in [3.05, 3.63) is 41.0 Å². The van der Waals surface area contributed by atoms with Crippen LogP contribution < -0.4 is 9.64 Å². The van der Waals surface area contributed by atoms with Gasteiger partial charge >= 0.3 is 0 Å². The molecular formula is C18H23N4O2S+. The van der Waals surface area contributed by atoms with Crippen LogP contribution in [0.4, 0.5) is 0 Å². The highest BCUT2D eigenvalue weighted by Gasteiger charge is 2.34. The minimum absolute atomic E-state index is 0.0897. The zero-order chi connectivity index (χ0) is 17.4. The van der Waals surface area contributed by atoms with Gasteiger partial charge < -0.3 is 14.7 Å². The molecule has 132 valence electrons. The number of piperidine rings is 1. The van der Waals surface area contributed by atoms with E-state index >= 15 is 0 Å². The molecule has 1 aliphatic rings. The lowest BCUT2D eigenvalue weighted by Crippen LogP contribution is -3.13. The van der Waals surface area contributed by atoms with Gasteiger partial charge in [-0.1, -0.05) is 18.3 Å². The second-order valence-corrected chi connectivity index (χ2v) is 7.80. The first-order valence-corrected chi connectivity index (χ1v) is 9.49. The number of benzene rings is 1. The van der Waals surface area contributed by atoms with Gasteiger partial charge in [-0.05, 0) is 43.0 Å². The zero-order valence-corrected chi connectivity index (χ0v) is 15.3. The minimum atomic E-state index is 0.0897. The number of methoxy groups -OCH3 is 1. The number of rotatable bonds is 4. The Hall–Kier alpha value is -2.12. The first-order valence-electron chi connectivity index (χ1n) is 8.67. The predicted octanol–water partition coefficient (Wildman–Crippen LogP) is 1.91. The van der Waals surface area contributed by atoms with Crippen molar-refractivity contribution in [2.75, 3.05) is 20.2 Å². The lowest BCUT2D eigenvalue weighted by atomic mass is 9.95. The molecule has 3 aromatic rings. The van der Waals surface area contributed by atoms with Gasteiger partial charge in [0.25, 0.3) is 0 Å². The third kappa shape index (κ3) is 2.98. The van der Waals surface area contributed by atoms with Gasteiger partial charge in [-0.3, -0.25) is 0 Å². The summed E-state index contributed by atoms with van der Waals surface area (Å²) in [5.74, 6) is 1.83. The summed E-state index contributed by atoms with van der Waals surface area (Å²) >= 11 is 1.53. The van der Waals surface area contributed by atoms with Gasteiger partial charge in [0.2, 0.25) is 10.8 Å². The lowest BCUT2D eigenvalue weighted by molar-refractivity contribution is -0.931. The number of thiazole rings is 1. The second-order valence-electron chi connectivity index (χ2n) is 6.79. The highest BCUT2D eigenvalue weighted by Crippen LogP contribution is 2.35. The van der Waals surface area contributed by atoms with Crippen LogP contribution in [0.15, 0.2) is 30.6 Å². The molecule has 0 amide bonds. The third-order valence-electron chi connectivity index (χ3n) is 5.17. The van der Waals surface area contributed by atoms with Crippen molar-refractivity contribution in [3.63, 3.8) is 0 Å². The van der Waals surface area contributed by atoms with Crippen LogP contribution in [0.2, 0.25) is 0 Å². The molecule has 1 fully saturated rings. The van der Waals surface area contributed by atoms with Crippen LogP contribution in [0, 0.1) is 5.92 Å². The minimum Gasteiger partial charge on any atom is -0.497 e. The SMILES string of the molecule is COc1ccc([C@@H](c2sc3ncnn3c2O)[NH+]2CCC(C)CC2)cc1. The maximum Gasteiger partial charge on any atom is 0.235 e. The molecule has 7 heteroatoms. The lowest BCUT2D eigenvalue weighted by Gasteiger charge is -2.33. The van der Waals surface area contributed by atoms with Gasteiger partial charge in [-0.2, -0.15) is 9.61 Å². The van der Waals surface area contributed by atoms with Gasteiger partial charge in [0.05, 0.1) is 20.2 Å². The Morgan fingerprint density at radius 3 is 2.64 bits per heavy atom. The van der Waals surface area contributed by atoms with E-state index < -0.39 is 0 Å². The number of fused-ring (bicyclic) bond motifs is 1. The number of hydrogen-bond acceptors (Lipinski definition) is 5. The van der Waals surface area contributed by atoms with Crippen molar-refractivity contribution in [1.82, 2.24) is 14.6 Å². The van der Waals surface area contributed by atoms with Gasteiger partial charge in [0.15, 0.2) is 6.04 Å².